The van der Waals surface area contributed by atoms with Gasteiger partial charge in [0.05, 0.1) is 6.54 Å². The topological polar surface area (TPSA) is 67.6 Å². The lowest BCUT2D eigenvalue weighted by molar-refractivity contribution is -0.00314. The quantitative estimate of drug-likeness (QED) is 0.613. The van der Waals surface area contributed by atoms with Crippen molar-refractivity contribution in [2.45, 2.75) is 5.92 Å². The number of nitrogens with two attached hydrogens (primary N) is 1. The maximum Gasteiger partial charge on any atom is 0.318 e. The molecule has 0 spiro atoms. The first-order valence-corrected chi connectivity index (χ1v) is 2.60. The van der Waals surface area contributed by atoms with Crippen molar-refractivity contribution in [2.24, 2.45) is 5.73 Å². The minimum atomic E-state index is -3.09. The van der Waals surface area contributed by atoms with E-state index in [0.29, 0.717) is 0 Å². The minimum Gasteiger partial charge on any atom is -0.325 e. The van der Waals surface area contributed by atoms with E-state index in [4.69, 9.17) is 5.73 Å². The van der Waals surface area contributed by atoms with Gasteiger partial charge in [0.2, 0.25) is 0 Å². The fourth-order valence-corrected chi connectivity index (χ4v) is 0.478. The molecule has 1 aromatic rings. The van der Waals surface area contributed by atoms with Crippen molar-refractivity contribution in [2.75, 3.05) is 6.54 Å². The van der Waals surface area contributed by atoms with Gasteiger partial charge in [-0.25, -0.2) is 4.98 Å². The molecule has 0 aliphatic rings. The van der Waals surface area contributed by atoms with Gasteiger partial charge in [-0.2, -0.15) is 13.9 Å². The van der Waals surface area contributed by atoms with Crippen molar-refractivity contribution in [3.05, 3.63) is 12.2 Å². The van der Waals surface area contributed by atoms with Gasteiger partial charge in [0.25, 0.3) is 0 Å². The van der Waals surface area contributed by atoms with Crippen LogP contribution in [0.15, 0.2) is 6.33 Å². The van der Waals surface area contributed by atoms with E-state index < -0.39 is 18.3 Å². The lowest BCUT2D eigenvalue weighted by Gasteiger charge is -2.08. The Balaban J connectivity index is 2.85. The second kappa shape index (κ2) is 2.30. The van der Waals surface area contributed by atoms with Crippen molar-refractivity contribution < 1.29 is 8.78 Å². The Kier molecular flexibility index (Phi) is 1.62. The van der Waals surface area contributed by atoms with Crippen LogP contribution in [0.25, 0.3) is 0 Å². The number of nitrogens with one attached hydrogen (secondary N) is 1. The highest BCUT2D eigenvalue weighted by Gasteiger charge is 2.32. The second-order valence-electron chi connectivity index (χ2n) is 1.74. The fourth-order valence-electron chi connectivity index (χ4n) is 0.478. The van der Waals surface area contributed by atoms with Crippen LogP contribution in [0.3, 0.4) is 0 Å². The van der Waals surface area contributed by atoms with Gasteiger partial charge in [-0.15, -0.1) is 0 Å². The number of aromatic amines is 1. The zero-order valence-corrected chi connectivity index (χ0v) is 5.01. The van der Waals surface area contributed by atoms with Gasteiger partial charge in [-0.1, -0.05) is 0 Å². The summed E-state index contributed by atoms with van der Waals surface area (Å²) in [6, 6.07) is 0. The molecule has 10 heavy (non-hydrogen) atoms. The first kappa shape index (κ1) is 7.07. The second-order valence-corrected chi connectivity index (χ2v) is 1.74. The van der Waals surface area contributed by atoms with Crippen LogP contribution in [0.2, 0.25) is 0 Å². The average molecular weight is 148 g/mol. The highest BCUT2D eigenvalue weighted by molar-refractivity contribution is 4.92. The van der Waals surface area contributed by atoms with Gasteiger partial charge >= 0.3 is 5.92 Å². The van der Waals surface area contributed by atoms with Crippen molar-refractivity contribution in [3.8, 4) is 0 Å². The third-order valence-electron chi connectivity index (χ3n) is 1.02. The Hall–Kier alpha value is -1.04. The number of alkyl halides is 2. The van der Waals surface area contributed by atoms with Crippen molar-refractivity contribution in [3.63, 3.8) is 0 Å². The molecule has 0 fully saturated rings. The Bertz CT molecular complexity index is 195. The summed E-state index contributed by atoms with van der Waals surface area (Å²) in [5, 5.41) is 5.30. The summed E-state index contributed by atoms with van der Waals surface area (Å²) in [5.41, 5.74) is 4.76. The average Bonchev–Trinajstić information content (AvgIpc) is 2.38. The number of rotatable bonds is 2. The molecule has 0 radical (unpaired) electrons. The van der Waals surface area contributed by atoms with Gasteiger partial charge in [-0.05, 0) is 0 Å². The van der Waals surface area contributed by atoms with Crippen LogP contribution in [0.1, 0.15) is 5.82 Å². The third-order valence-corrected chi connectivity index (χ3v) is 1.02. The van der Waals surface area contributed by atoms with E-state index in [9.17, 15) is 8.78 Å². The van der Waals surface area contributed by atoms with Gasteiger partial charge in [0.1, 0.15) is 6.33 Å². The molecule has 0 saturated carbocycles. The number of aromatic nitrogens is 3. The monoisotopic (exact) mass is 148 g/mol. The van der Waals surface area contributed by atoms with Gasteiger partial charge in [0.15, 0.2) is 5.82 Å². The van der Waals surface area contributed by atoms with Gasteiger partial charge < -0.3 is 5.73 Å². The first-order valence-electron chi connectivity index (χ1n) is 2.60. The molecule has 0 atom stereocenters. The molecule has 0 unspecified atom stereocenters. The number of nitrogens with zero attached hydrogens (tertiary/aromatic N) is 2. The number of halogens is 2. The molecule has 0 bridgehead atoms. The molecule has 0 aliphatic carbocycles. The van der Waals surface area contributed by atoms with Crippen LogP contribution in [0.4, 0.5) is 8.78 Å². The predicted molar refractivity (Wildman–Crippen MR) is 29.3 cm³/mol. The molecule has 0 saturated heterocycles. The molecule has 1 aromatic heterocycles. The van der Waals surface area contributed by atoms with Crippen molar-refractivity contribution in [1.82, 2.24) is 15.2 Å². The Morgan fingerprint density at radius 3 is 2.80 bits per heavy atom. The molecule has 3 N–H and O–H groups in total. The number of hydrogen-bond donors (Lipinski definition) is 2. The Morgan fingerprint density at radius 2 is 2.40 bits per heavy atom. The maximum atomic E-state index is 12.5. The maximum absolute atomic E-state index is 12.5. The van der Waals surface area contributed by atoms with Gasteiger partial charge in [0, 0.05) is 0 Å². The first-order chi connectivity index (χ1) is 4.67. The molecule has 0 aromatic carbocycles. The van der Waals surface area contributed by atoms with Crippen LogP contribution in [-0.4, -0.2) is 21.7 Å². The molecule has 0 aliphatic heterocycles. The molecule has 1 rings (SSSR count). The standard InChI is InChI=1S/C4H6F2N4/c5-4(6,1-7)3-8-2-9-10-3/h2H,1,7H2,(H,8,9,10). The van der Waals surface area contributed by atoms with Crippen LogP contribution in [0, 0.1) is 0 Å². The highest BCUT2D eigenvalue weighted by atomic mass is 19.3. The summed E-state index contributed by atoms with van der Waals surface area (Å²) in [6.07, 6.45) is 1.01. The van der Waals surface area contributed by atoms with E-state index in [1.165, 1.54) is 0 Å². The van der Waals surface area contributed by atoms with Crippen LogP contribution >= 0.6 is 0 Å². The van der Waals surface area contributed by atoms with Gasteiger partial charge in [-0.3, -0.25) is 5.10 Å². The molecular weight excluding hydrogens is 142 g/mol. The van der Waals surface area contributed by atoms with Crippen molar-refractivity contribution >= 4 is 0 Å². The van der Waals surface area contributed by atoms with Crippen LogP contribution in [0.5, 0.6) is 0 Å². The highest BCUT2D eigenvalue weighted by Crippen LogP contribution is 2.21. The summed E-state index contributed by atoms with van der Waals surface area (Å²) < 4.78 is 24.9. The number of hydrogen-bond acceptors (Lipinski definition) is 3. The molecule has 4 nitrogen and oxygen atoms in total. The lowest BCUT2D eigenvalue weighted by atomic mass is 10.3. The fraction of sp³-hybridized carbons (Fsp3) is 0.500. The molecule has 0 amide bonds. The molecule has 6 heteroatoms. The summed E-state index contributed by atoms with van der Waals surface area (Å²) in [6.45, 7) is -0.762. The third kappa shape index (κ3) is 1.10. The Labute approximate surface area is 55.4 Å². The summed E-state index contributed by atoms with van der Waals surface area (Å²) in [5.74, 6) is -3.58. The molecular formula is C4H6F2N4. The molecule has 1 heterocycles. The van der Waals surface area contributed by atoms with E-state index in [1.807, 2.05) is 5.10 Å². The van der Waals surface area contributed by atoms with Crippen LogP contribution < -0.4 is 5.73 Å². The molecule has 56 valence electrons. The van der Waals surface area contributed by atoms with E-state index in [2.05, 4.69) is 10.1 Å². The predicted octanol–water partition coefficient (Wildman–Crippen LogP) is -0.145. The SMILES string of the molecule is NCC(F)(F)c1ncn[nH]1. The van der Waals surface area contributed by atoms with E-state index in [1.54, 1.807) is 0 Å². The zero-order chi connectivity index (χ0) is 7.61. The zero-order valence-electron chi connectivity index (χ0n) is 5.01. The van der Waals surface area contributed by atoms with E-state index >= 15 is 0 Å². The summed E-state index contributed by atoms with van der Waals surface area (Å²) in [7, 11) is 0. The number of H-pyrrole nitrogens is 1. The summed E-state index contributed by atoms with van der Waals surface area (Å²) >= 11 is 0. The van der Waals surface area contributed by atoms with Crippen LogP contribution in [-0.2, 0) is 5.92 Å². The Morgan fingerprint density at radius 1 is 1.70 bits per heavy atom. The summed E-state index contributed by atoms with van der Waals surface area (Å²) in [4.78, 5) is 3.26. The van der Waals surface area contributed by atoms with E-state index in [0.717, 1.165) is 6.33 Å². The van der Waals surface area contributed by atoms with Crippen molar-refractivity contribution in [1.29, 1.82) is 0 Å². The largest absolute Gasteiger partial charge is 0.325 e. The normalized spacial score (nSPS) is 11.9. The minimum absolute atomic E-state index is 0.491. The van der Waals surface area contributed by atoms with E-state index in [-0.39, 0.29) is 0 Å². The lowest BCUT2D eigenvalue weighted by Crippen LogP contribution is -2.26. The smallest absolute Gasteiger partial charge is 0.318 e.